The SMILES string of the molecule is CCCCN(CCO)C(=O)NC[C@H](O)C(=O)O. The van der Waals surface area contributed by atoms with E-state index in [4.69, 9.17) is 15.3 Å². The number of carbonyl (C=O) groups excluding carboxylic acids is 1. The molecule has 0 saturated carbocycles. The first-order valence-electron chi connectivity index (χ1n) is 5.57. The van der Waals surface area contributed by atoms with Gasteiger partial charge in [0.1, 0.15) is 0 Å². The fourth-order valence-electron chi connectivity index (χ4n) is 1.17. The van der Waals surface area contributed by atoms with Gasteiger partial charge >= 0.3 is 12.0 Å². The number of hydrogen-bond acceptors (Lipinski definition) is 4. The minimum Gasteiger partial charge on any atom is -0.479 e. The number of hydrogen-bond donors (Lipinski definition) is 4. The molecule has 0 fully saturated rings. The molecule has 7 heteroatoms. The summed E-state index contributed by atoms with van der Waals surface area (Å²) >= 11 is 0. The van der Waals surface area contributed by atoms with Gasteiger partial charge in [-0.2, -0.15) is 0 Å². The van der Waals surface area contributed by atoms with Gasteiger partial charge < -0.3 is 25.5 Å². The third-order valence-electron chi connectivity index (χ3n) is 2.17. The number of unbranched alkanes of at least 4 members (excludes halogenated alkanes) is 1. The summed E-state index contributed by atoms with van der Waals surface area (Å²) in [6, 6.07) is -0.479. The Morgan fingerprint density at radius 3 is 2.47 bits per heavy atom. The number of aliphatic hydroxyl groups is 2. The summed E-state index contributed by atoms with van der Waals surface area (Å²) in [7, 11) is 0. The molecule has 1 atom stereocenters. The number of aliphatic hydroxyl groups excluding tert-OH is 2. The molecule has 0 bridgehead atoms. The second kappa shape index (κ2) is 8.77. The van der Waals surface area contributed by atoms with Gasteiger partial charge in [-0.25, -0.2) is 9.59 Å². The smallest absolute Gasteiger partial charge is 0.334 e. The zero-order valence-electron chi connectivity index (χ0n) is 9.93. The molecule has 7 nitrogen and oxygen atoms in total. The molecule has 0 aromatic rings. The Balaban J connectivity index is 4.08. The van der Waals surface area contributed by atoms with Crippen molar-refractivity contribution in [2.75, 3.05) is 26.2 Å². The first-order valence-corrected chi connectivity index (χ1v) is 5.57. The van der Waals surface area contributed by atoms with Crippen LogP contribution in [0.25, 0.3) is 0 Å². The van der Waals surface area contributed by atoms with Crippen molar-refractivity contribution in [1.82, 2.24) is 10.2 Å². The number of urea groups is 1. The lowest BCUT2D eigenvalue weighted by Gasteiger charge is -2.22. The highest BCUT2D eigenvalue weighted by atomic mass is 16.4. The molecule has 0 aromatic heterocycles. The largest absolute Gasteiger partial charge is 0.479 e. The van der Waals surface area contributed by atoms with Gasteiger partial charge in [0.2, 0.25) is 0 Å². The van der Waals surface area contributed by atoms with Crippen molar-refractivity contribution in [2.24, 2.45) is 0 Å². The number of amides is 2. The average molecular weight is 248 g/mol. The van der Waals surface area contributed by atoms with Crippen molar-refractivity contribution in [1.29, 1.82) is 0 Å². The third kappa shape index (κ3) is 6.75. The van der Waals surface area contributed by atoms with Crippen molar-refractivity contribution >= 4 is 12.0 Å². The van der Waals surface area contributed by atoms with Crippen LogP contribution in [-0.4, -0.2) is 64.6 Å². The van der Waals surface area contributed by atoms with Crippen LogP contribution in [0.4, 0.5) is 4.79 Å². The van der Waals surface area contributed by atoms with Crippen molar-refractivity contribution in [3.05, 3.63) is 0 Å². The monoisotopic (exact) mass is 248 g/mol. The highest BCUT2D eigenvalue weighted by Gasteiger charge is 2.17. The van der Waals surface area contributed by atoms with Crippen LogP contribution in [0.1, 0.15) is 19.8 Å². The standard InChI is InChI=1S/C10H20N2O5/c1-2-3-4-12(5-6-13)10(17)11-7-8(14)9(15)16/h8,13-14H,2-7H2,1H3,(H,11,17)(H,15,16)/t8-/m0/s1. The summed E-state index contributed by atoms with van der Waals surface area (Å²) in [5, 5.41) is 28.5. The van der Waals surface area contributed by atoms with Gasteiger partial charge in [-0.05, 0) is 6.42 Å². The molecule has 2 amide bonds. The van der Waals surface area contributed by atoms with E-state index in [1.165, 1.54) is 4.90 Å². The quantitative estimate of drug-likeness (QED) is 0.451. The van der Waals surface area contributed by atoms with E-state index in [2.05, 4.69) is 5.32 Å². The molecule has 0 spiro atoms. The predicted octanol–water partition coefficient (Wildman–Crippen LogP) is -0.764. The van der Waals surface area contributed by atoms with Crippen LogP contribution in [0.3, 0.4) is 0 Å². The van der Waals surface area contributed by atoms with E-state index in [1.54, 1.807) is 0 Å². The number of carboxylic acid groups (broad SMARTS) is 1. The topological polar surface area (TPSA) is 110 Å². The molecule has 0 aromatic carbocycles. The molecule has 17 heavy (non-hydrogen) atoms. The molecule has 0 rings (SSSR count). The fourth-order valence-corrected chi connectivity index (χ4v) is 1.17. The van der Waals surface area contributed by atoms with Gasteiger partial charge in [-0.1, -0.05) is 13.3 Å². The Labute approximate surface area is 100 Å². The summed E-state index contributed by atoms with van der Waals surface area (Å²) in [6.45, 7) is 2.16. The lowest BCUT2D eigenvalue weighted by molar-refractivity contribution is -0.146. The van der Waals surface area contributed by atoms with Crippen LogP contribution in [-0.2, 0) is 4.79 Å². The highest BCUT2D eigenvalue weighted by molar-refractivity contribution is 5.76. The average Bonchev–Trinajstić information content (AvgIpc) is 2.30. The van der Waals surface area contributed by atoms with Crippen molar-refractivity contribution < 1.29 is 24.9 Å². The molecule has 0 aliphatic carbocycles. The van der Waals surface area contributed by atoms with Crippen LogP contribution in [0.2, 0.25) is 0 Å². The highest BCUT2D eigenvalue weighted by Crippen LogP contribution is 1.95. The van der Waals surface area contributed by atoms with E-state index < -0.39 is 18.1 Å². The first kappa shape index (κ1) is 15.7. The normalized spacial score (nSPS) is 11.9. The Kier molecular flexibility index (Phi) is 8.08. The summed E-state index contributed by atoms with van der Waals surface area (Å²) in [5.41, 5.74) is 0. The van der Waals surface area contributed by atoms with Gasteiger partial charge in [-0.3, -0.25) is 0 Å². The van der Waals surface area contributed by atoms with Crippen LogP contribution >= 0.6 is 0 Å². The second-order valence-corrected chi connectivity index (χ2v) is 3.60. The van der Waals surface area contributed by atoms with Crippen LogP contribution in [0.5, 0.6) is 0 Å². The molecular weight excluding hydrogens is 228 g/mol. The maximum absolute atomic E-state index is 11.6. The van der Waals surface area contributed by atoms with E-state index in [-0.39, 0.29) is 19.7 Å². The number of rotatable bonds is 8. The van der Waals surface area contributed by atoms with Crippen LogP contribution in [0, 0.1) is 0 Å². The summed E-state index contributed by atoms with van der Waals surface area (Å²) in [6.07, 6.45) is 0.100. The summed E-state index contributed by atoms with van der Waals surface area (Å²) in [4.78, 5) is 23.3. The van der Waals surface area contributed by atoms with Gasteiger partial charge in [0.05, 0.1) is 13.2 Å². The lowest BCUT2D eigenvalue weighted by atomic mass is 10.3. The van der Waals surface area contributed by atoms with Crippen LogP contribution < -0.4 is 5.32 Å². The summed E-state index contributed by atoms with van der Waals surface area (Å²) < 4.78 is 0. The molecule has 0 unspecified atom stereocenters. The van der Waals surface area contributed by atoms with E-state index >= 15 is 0 Å². The number of nitrogens with zero attached hydrogens (tertiary/aromatic N) is 1. The van der Waals surface area contributed by atoms with E-state index in [9.17, 15) is 9.59 Å². The number of aliphatic carboxylic acids is 1. The Morgan fingerprint density at radius 1 is 1.35 bits per heavy atom. The number of carboxylic acids is 1. The van der Waals surface area contributed by atoms with Gasteiger partial charge in [0, 0.05) is 13.1 Å². The van der Waals surface area contributed by atoms with E-state index in [1.807, 2.05) is 6.92 Å². The molecule has 4 N–H and O–H groups in total. The van der Waals surface area contributed by atoms with Gasteiger partial charge in [-0.15, -0.1) is 0 Å². The van der Waals surface area contributed by atoms with Gasteiger partial charge in [0.25, 0.3) is 0 Å². The predicted molar refractivity (Wildman–Crippen MR) is 60.6 cm³/mol. The fraction of sp³-hybridized carbons (Fsp3) is 0.800. The second-order valence-electron chi connectivity index (χ2n) is 3.60. The molecule has 100 valence electrons. The maximum Gasteiger partial charge on any atom is 0.334 e. The third-order valence-corrected chi connectivity index (χ3v) is 2.17. The van der Waals surface area contributed by atoms with Gasteiger partial charge in [0.15, 0.2) is 6.10 Å². The molecule has 0 heterocycles. The lowest BCUT2D eigenvalue weighted by Crippen LogP contribution is -2.45. The van der Waals surface area contributed by atoms with E-state index in [0.717, 1.165) is 12.8 Å². The Hall–Kier alpha value is -1.34. The van der Waals surface area contributed by atoms with Crippen molar-refractivity contribution in [2.45, 2.75) is 25.9 Å². The maximum atomic E-state index is 11.6. The Morgan fingerprint density at radius 2 is 2.00 bits per heavy atom. The first-order chi connectivity index (χ1) is 8.02. The van der Waals surface area contributed by atoms with Crippen LogP contribution in [0.15, 0.2) is 0 Å². The molecule has 0 radical (unpaired) electrons. The molecule has 0 aliphatic rings. The minimum absolute atomic E-state index is 0.154. The van der Waals surface area contributed by atoms with Crippen molar-refractivity contribution in [3.63, 3.8) is 0 Å². The van der Waals surface area contributed by atoms with Crippen molar-refractivity contribution in [3.8, 4) is 0 Å². The Bertz CT molecular complexity index is 247. The molecule has 0 aliphatic heterocycles. The van der Waals surface area contributed by atoms with E-state index in [0.29, 0.717) is 6.54 Å². The molecule has 0 saturated heterocycles. The number of carbonyl (C=O) groups is 2. The zero-order chi connectivity index (χ0) is 13.3. The molecular formula is C10H20N2O5. The summed E-state index contributed by atoms with van der Waals surface area (Å²) in [5.74, 6) is -1.38. The number of nitrogens with one attached hydrogen (secondary N) is 1. The zero-order valence-corrected chi connectivity index (χ0v) is 9.93. The minimum atomic E-state index is -1.61.